The lowest BCUT2D eigenvalue weighted by atomic mass is 10.2. The monoisotopic (exact) mass is 541 g/mol. The van der Waals surface area contributed by atoms with Crippen LogP contribution in [0.2, 0.25) is 5.02 Å². The molecular formula is C23H19ClF3N3O5S. The van der Waals surface area contributed by atoms with Crippen LogP contribution in [0, 0.1) is 6.92 Å². The van der Waals surface area contributed by atoms with Gasteiger partial charge in [0.2, 0.25) is 11.8 Å². The third-order valence-electron chi connectivity index (χ3n) is 4.62. The molecule has 0 aliphatic rings. The van der Waals surface area contributed by atoms with E-state index in [1.54, 1.807) is 6.92 Å². The summed E-state index contributed by atoms with van der Waals surface area (Å²) < 4.78 is 78.6. The Kier molecular flexibility index (Phi) is 7.80. The Balaban J connectivity index is 1.95. The smallest absolute Gasteiger partial charge is 0.417 e. The van der Waals surface area contributed by atoms with Crippen LogP contribution in [0.5, 0.6) is 17.4 Å². The predicted octanol–water partition coefficient (Wildman–Crippen LogP) is 5.79. The van der Waals surface area contributed by atoms with E-state index in [0.717, 1.165) is 18.2 Å². The second-order valence-electron chi connectivity index (χ2n) is 7.27. The summed E-state index contributed by atoms with van der Waals surface area (Å²) >= 11 is 5.60. The number of hydrogen-bond acceptors (Lipinski definition) is 6. The van der Waals surface area contributed by atoms with Gasteiger partial charge in [-0.15, -0.1) is 0 Å². The van der Waals surface area contributed by atoms with Crippen molar-refractivity contribution in [2.45, 2.75) is 18.0 Å². The fourth-order valence-electron chi connectivity index (χ4n) is 2.94. The lowest BCUT2D eigenvalue weighted by molar-refractivity contribution is -0.137. The molecule has 0 bridgehead atoms. The first-order chi connectivity index (χ1) is 16.8. The van der Waals surface area contributed by atoms with Crippen molar-refractivity contribution in [3.05, 3.63) is 77.5 Å². The van der Waals surface area contributed by atoms with Crippen molar-refractivity contribution in [2.75, 3.05) is 17.1 Å². The molecular weight excluding hydrogens is 523 g/mol. The van der Waals surface area contributed by atoms with Crippen molar-refractivity contribution >= 4 is 38.9 Å². The minimum Gasteiger partial charge on any atom is -0.494 e. The van der Waals surface area contributed by atoms with Crippen LogP contribution in [-0.4, -0.2) is 26.4 Å². The fourth-order valence-corrected chi connectivity index (χ4v) is 4.24. The summed E-state index contributed by atoms with van der Waals surface area (Å²) in [7, 11) is -3.12. The number of rotatable bonds is 8. The molecule has 0 radical (unpaired) electrons. The molecule has 0 atom stereocenters. The van der Waals surface area contributed by atoms with Crippen LogP contribution in [0.4, 0.5) is 24.5 Å². The molecule has 3 aromatic rings. The molecule has 0 saturated heterocycles. The summed E-state index contributed by atoms with van der Waals surface area (Å²) in [5, 5.41) is 1.92. The van der Waals surface area contributed by atoms with Gasteiger partial charge in [0.15, 0.2) is 0 Å². The molecule has 0 aliphatic carbocycles. The van der Waals surface area contributed by atoms with Crippen molar-refractivity contribution in [3.8, 4) is 17.4 Å². The molecule has 0 spiro atoms. The largest absolute Gasteiger partial charge is 0.494 e. The Morgan fingerprint density at radius 3 is 2.50 bits per heavy atom. The maximum Gasteiger partial charge on any atom is 0.417 e. The molecule has 0 aliphatic heterocycles. The van der Waals surface area contributed by atoms with E-state index < -0.39 is 37.6 Å². The van der Waals surface area contributed by atoms with E-state index in [-0.39, 0.29) is 23.1 Å². The Morgan fingerprint density at radius 2 is 1.86 bits per heavy atom. The number of pyridine rings is 1. The minimum absolute atomic E-state index is 0.124. The molecule has 2 N–H and O–H groups in total. The number of hydrogen-bond donors (Lipinski definition) is 2. The van der Waals surface area contributed by atoms with Crippen LogP contribution >= 0.6 is 11.6 Å². The minimum atomic E-state index is -4.85. The summed E-state index contributed by atoms with van der Waals surface area (Å²) in [5.74, 6) is -0.238. The molecule has 3 rings (SSSR count). The quantitative estimate of drug-likeness (QED) is 0.350. The van der Waals surface area contributed by atoms with Crippen LogP contribution < -0.4 is 19.5 Å². The number of halogens is 4. The summed E-state index contributed by atoms with van der Waals surface area (Å²) in [6, 6.07) is 8.02. The Bertz CT molecular complexity index is 1430. The number of sulfonamides is 1. The van der Waals surface area contributed by atoms with Crippen molar-refractivity contribution in [3.63, 3.8) is 0 Å². The second kappa shape index (κ2) is 10.5. The lowest BCUT2D eigenvalue weighted by Crippen LogP contribution is -2.16. The second-order valence-corrected chi connectivity index (χ2v) is 9.36. The number of carbonyl (C=O) groups is 1. The first kappa shape index (κ1) is 26.8. The van der Waals surface area contributed by atoms with Gasteiger partial charge in [0.25, 0.3) is 10.0 Å². The van der Waals surface area contributed by atoms with Crippen LogP contribution in [0.15, 0.2) is 66.2 Å². The summed E-state index contributed by atoms with van der Waals surface area (Å²) in [6.45, 7) is 5.01. The molecule has 2 aromatic carbocycles. The van der Waals surface area contributed by atoms with E-state index in [0.29, 0.717) is 17.3 Å². The molecule has 13 heteroatoms. The average molecular weight is 542 g/mol. The zero-order chi connectivity index (χ0) is 26.7. The highest BCUT2D eigenvalue weighted by molar-refractivity contribution is 7.92. The number of aryl methyl sites for hydroxylation is 1. The highest BCUT2D eigenvalue weighted by Gasteiger charge is 2.34. The van der Waals surface area contributed by atoms with E-state index in [1.165, 1.54) is 37.6 Å². The van der Waals surface area contributed by atoms with Gasteiger partial charge in [-0.3, -0.25) is 9.52 Å². The number of ether oxygens (including phenoxy) is 2. The van der Waals surface area contributed by atoms with Crippen molar-refractivity contribution in [1.29, 1.82) is 0 Å². The normalized spacial score (nSPS) is 11.5. The zero-order valence-corrected chi connectivity index (χ0v) is 20.4. The fraction of sp³-hybridized carbons (Fsp3) is 0.130. The molecule has 8 nitrogen and oxygen atoms in total. The number of amides is 1. The van der Waals surface area contributed by atoms with Gasteiger partial charge in [0, 0.05) is 12.3 Å². The molecule has 1 amide bonds. The number of aromatic nitrogens is 1. The SMILES string of the molecule is C=CC(=O)Nc1ccc(Oc2ncc(C)cc2NS(=O)(=O)c2ccc(Cl)c(C(F)(F)F)c2)cc1OC. The molecule has 0 fully saturated rings. The maximum absolute atomic E-state index is 13.2. The summed E-state index contributed by atoms with van der Waals surface area (Å²) in [4.78, 5) is 15.0. The number of carbonyl (C=O) groups excluding carboxylic acids is 1. The number of alkyl halides is 3. The maximum atomic E-state index is 13.2. The van der Waals surface area contributed by atoms with Gasteiger partial charge < -0.3 is 14.8 Å². The standard InChI is InChI=1S/C23H19ClF3N3O5S/c1-4-21(31)29-18-8-5-14(10-20(18)34-3)35-22-19(9-13(2)12-28-22)30-36(32,33)15-6-7-17(24)16(11-15)23(25,26)27/h4-12,30H,1H2,2-3H3,(H,29,31). The van der Waals surface area contributed by atoms with Crippen molar-refractivity contribution in [1.82, 2.24) is 4.98 Å². The molecule has 190 valence electrons. The van der Waals surface area contributed by atoms with E-state index >= 15 is 0 Å². The van der Waals surface area contributed by atoms with Gasteiger partial charge >= 0.3 is 6.18 Å². The molecule has 1 heterocycles. The first-order valence-electron chi connectivity index (χ1n) is 9.99. The summed E-state index contributed by atoms with van der Waals surface area (Å²) in [6.07, 6.45) is -2.36. The number of anilines is 2. The van der Waals surface area contributed by atoms with Gasteiger partial charge in [-0.05, 0) is 55.0 Å². The van der Waals surface area contributed by atoms with E-state index in [2.05, 4.69) is 21.6 Å². The Labute approximate surface area is 209 Å². The number of benzene rings is 2. The molecule has 0 saturated carbocycles. The molecule has 36 heavy (non-hydrogen) atoms. The van der Waals surface area contributed by atoms with Gasteiger partial charge in [-0.2, -0.15) is 13.2 Å². The highest BCUT2D eigenvalue weighted by atomic mass is 35.5. The van der Waals surface area contributed by atoms with E-state index in [4.69, 9.17) is 21.1 Å². The molecule has 1 aromatic heterocycles. The van der Waals surface area contributed by atoms with Crippen LogP contribution in [-0.2, 0) is 21.0 Å². The van der Waals surface area contributed by atoms with E-state index in [9.17, 15) is 26.4 Å². The first-order valence-corrected chi connectivity index (χ1v) is 11.9. The van der Waals surface area contributed by atoms with Crippen molar-refractivity contribution < 1.29 is 35.9 Å². The van der Waals surface area contributed by atoms with Crippen molar-refractivity contribution in [2.24, 2.45) is 0 Å². The Morgan fingerprint density at radius 1 is 1.14 bits per heavy atom. The third-order valence-corrected chi connectivity index (χ3v) is 6.31. The number of nitrogens with zero attached hydrogens (tertiary/aromatic N) is 1. The number of nitrogens with one attached hydrogen (secondary N) is 2. The Hall–Kier alpha value is -3.77. The van der Waals surface area contributed by atoms with Gasteiger partial charge in [-0.1, -0.05) is 18.2 Å². The van der Waals surface area contributed by atoms with Gasteiger partial charge in [0.05, 0.1) is 28.3 Å². The topological polar surface area (TPSA) is 107 Å². The summed E-state index contributed by atoms with van der Waals surface area (Å²) in [5.41, 5.74) is -0.536. The zero-order valence-electron chi connectivity index (χ0n) is 18.8. The highest BCUT2D eigenvalue weighted by Crippen LogP contribution is 2.37. The van der Waals surface area contributed by atoms with Gasteiger partial charge in [0.1, 0.15) is 17.2 Å². The predicted molar refractivity (Wildman–Crippen MR) is 128 cm³/mol. The third kappa shape index (κ3) is 6.26. The number of methoxy groups -OCH3 is 1. The lowest BCUT2D eigenvalue weighted by Gasteiger charge is -2.16. The van der Waals surface area contributed by atoms with Crippen LogP contribution in [0.3, 0.4) is 0 Å². The molecule has 0 unspecified atom stereocenters. The average Bonchev–Trinajstić information content (AvgIpc) is 2.80. The van der Waals surface area contributed by atoms with Gasteiger partial charge in [-0.25, -0.2) is 13.4 Å². The van der Waals surface area contributed by atoms with E-state index in [1.807, 2.05) is 0 Å². The van der Waals surface area contributed by atoms with Crippen LogP contribution in [0.25, 0.3) is 0 Å². The van der Waals surface area contributed by atoms with Crippen LogP contribution in [0.1, 0.15) is 11.1 Å².